The molecular formula is C11H15ClFN. The van der Waals surface area contributed by atoms with Crippen LogP contribution in [0.4, 0.5) is 4.39 Å². The highest BCUT2D eigenvalue weighted by Crippen LogP contribution is 2.18. The Bertz CT molecular complexity index is 268. The molecule has 0 saturated heterocycles. The van der Waals surface area contributed by atoms with Crippen molar-refractivity contribution in [3.8, 4) is 0 Å². The van der Waals surface area contributed by atoms with Gasteiger partial charge >= 0.3 is 0 Å². The summed E-state index contributed by atoms with van der Waals surface area (Å²) in [6.45, 7) is 3.84. The van der Waals surface area contributed by atoms with Gasteiger partial charge in [-0.3, -0.25) is 0 Å². The van der Waals surface area contributed by atoms with Crippen molar-refractivity contribution in [3.05, 3.63) is 34.6 Å². The third kappa shape index (κ3) is 3.28. The Hall–Kier alpha value is -0.600. The SMILES string of the molecule is CCCNCCc1c(F)cccc1Cl. The molecule has 0 heterocycles. The van der Waals surface area contributed by atoms with Gasteiger partial charge < -0.3 is 5.32 Å². The summed E-state index contributed by atoms with van der Waals surface area (Å²) in [6, 6.07) is 4.79. The second kappa shape index (κ2) is 5.99. The van der Waals surface area contributed by atoms with E-state index >= 15 is 0 Å². The minimum absolute atomic E-state index is 0.212. The summed E-state index contributed by atoms with van der Waals surface area (Å²) in [4.78, 5) is 0. The summed E-state index contributed by atoms with van der Waals surface area (Å²) in [5, 5.41) is 3.73. The molecule has 78 valence electrons. The van der Waals surface area contributed by atoms with Crippen LogP contribution in [0, 0.1) is 5.82 Å². The van der Waals surface area contributed by atoms with Gasteiger partial charge in [0, 0.05) is 10.6 Å². The van der Waals surface area contributed by atoms with Crippen molar-refractivity contribution in [2.45, 2.75) is 19.8 Å². The molecule has 0 bridgehead atoms. The van der Waals surface area contributed by atoms with Gasteiger partial charge in [-0.1, -0.05) is 24.6 Å². The quantitative estimate of drug-likeness (QED) is 0.745. The smallest absolute Gasteiger partial charge is 0.127 e. The molecule has 0 aromatic heterocycles. The number of rotatable bonds is 5. The van der Waals surface area contributed by atoms with Crippen LogP contribution in [0.25, 0.3) is 0 Å². The first-order valence-electron chi connectivity index (χ1n) is 4.89. The van der Waals surface area contributed by atoms with Crippen LogP contribution in [0.2, 0.25) is 5.02 Å². The molecule has 0 amide bonds. The average molecular weight is 216 g/mol. The Morgan fingerprint density at radius 3 is 2.79 bits per heavy atom. The zero-order valence-electron chi connectivity index (χ0n) is 8.32. The van der Waals surface area contributed by atoms with Gasteiger partial charge in [0.15, 0.2) is 0 Å². The molecule has 1 nitrogen and oxygen atoms in total. The van der Waals surface area contributed by atoms with Gasteiger partial charge in [-0.2, -0.15) is 0 Å². The highest BCUT2D eigenvalue weighted by Gasteiger charge is 2.05. The van der Waals surface area contributed by atoms with E-state index < -0.39 is 0 Å². The van der Waals surface area contributed by atoms with Crippen LogP contribution in [0.5, 0.6) is 0 Å². The van der Waals surface area contributed by atoms with Crippen molar-refractivity contribution in [1.82, 2.24) is 5.32 Å². The highest BCUT2D eigenvalue weighted by atomic mass is 35.5. The van der Waals surface area contributed by atoms with E-state index in [1.165, 1.54) is 6.07 Å². The Balaban J connectivity index is 2.49. The van der Waals surface area contributed by atoms with Gasteiger partial charge in [0.2, 0.25) is 0 Å². The molecule has 0 unspecified atom stereocenters. The van der Waals surface area contributed by atoms with Gasteiger partial charge in [0.05, 0.1) is 0 Å². The molecule has 14 heavy (non-hydrogen) atoms. The lowest BCUT2D eigenvalue weighted by atomic mass is 10.1. The second-order valence-electron chi connectivity index (χ2n) is 3.20. The van der Waals surface area contributed by atoms with Crippen molar-refractivity contribution in [2.75, 3.05) is 13.1 Å². The van der Waals surface area contributed by atoms with Gasteiger partial charge in [0.1, 0.15) is 5.82 Å². The maximum absolute atomic E-state index is 13.2. The molecule has 0 aliphatic carbocycles. The number of benzene rings is 1. The predicted molar refractivity (Wildman–Crippen MR) is 58.3 cm³/mol. The van der Waals surface area contributed by atoms with Crippen LogP contribution in [0.15, 0.2) is 18.2 Å². The average Bonchev–Trinajstić information content (AvgIpc) is 2.16. The maximum Gasteiger partial charge on any atom is 0.127 e. The Morgan fingerprint density at radius 1 is 1.36 bits per heavy atom. The van der Waals surface area contributed by atoms with E-state index in [9.17, 15) is 4.39 Å². The Kier molecular flexibility index (Phi) is 4.91. The van der Waals surface area contributed by atoms with Crippen molar-refractivity contribution in [2.24, 2.45) is 0 Å². The molecule has 0 spiro atoms. The molecule has 1 aromatic rings. The number of hydrogen-bond acceptors (Lipinski definition) is 1. The predicted octanol–water partition coefficient (Wildman–Crippen LogP) is 3.02. The van der Waals surface area contributed by atoms with Gasteiger partial charge in [-0.25, -0.2) is 4.39 Å². The number of nitrogens with one attached hydrogen (secondary N) is 1. The van der Waals surface area contributed by atoms with Crippen LogP contribution in [0.3, 0.4) is 0 Å². The monoisotopic (exact) mass is 215 g/mol. The lowest BCUT2D eigenvalue weighted by Gasteiger charge is -2.06. The minimum Gasteiger partial charge on any atom is -0.316 e. The summed E-state index contributed by atoms with van der Waals surface area (Å²) < 4.78 is 13.2. The first-order valence-corrected chi connectivity index (χ1v) is 5.27. The van der Waals surface area contributed by atoms with Crippen molar-refractivity contribution >= 4 is 11.6 Å². The molecule has 1 N–H and O–H groups in total. The van der Waals surface area contributed by atoms with E-state index in [0.717, 1.165) is 19.5 Å². The molecule has 0 saturated carbocycles. The van der Waals surface area contributed by atoms with Crippen molar-refractivity contribution in [3.63, 3.8) is 0 Å². The fourth-order valence-corrected chi connectivity index (χ4v) is 1.54. The zero-order valence-corrected chi connectivity index (χ0v) is 9.07. The molecule has 0 radical (unpaired) electrons. The molecule has 0 aliphatic heterocycles. The maximum atomic E-state index is 13.2. The topological polar surface area (TPSA) is 12.0 Å². The van der Waals surface area contributed by atoms with E-state index in [2.05, 4.69) is 12.2 Å². The fourth-order valence-electron chi connectivity index (χ4n) is 1.29. The van der Waals surface area contributed by atoms with Crippen molar-refractivity contribution in [1.29, 1.82) is 0 Å². The van der Waals surface area contributed by atoms with Gasteiger partial charge in [-0.15, -0.1) is 0 Å². The lowest BCUT2D eigenvalue weighted by Crippen LogP contribution is -2.18. The zero-order chi connectivity index (χ0) is 10.4. The van der Waals surface area contributed by atoms with Crippen molar-refractivity contribution < 1.29 is 4.39 Å². The van der Waals surface area contributed by atoms with E-state index in [4.69, 9.17) is 11.6 Å². The molecule has 0 atom stereocenters. The van der Waals surface area contributed by atoms with Crippen LogP contribution in [0.1, 0.15) is 18.9 Å². The molecule has 1 rings (SSSR count). The molecule has 0 fully saturated rings. The van der Waals surface area contributed by atoms with Gasteiger partial charge in [0.25, 0.3) is 0 Å². The van der Waals surface area contributed by atoms with E-state index in [0.29, 0.717) is 17.0 Å². The van der Waals surface area contributed by atoms with Gasteiger partial charge in [-0.05, 0) is 38.1 Å². The summed E-state index contributed by atoms with van der Waals surface area (Å²) in [5.41, 5.74) is 0.609. The third-order valence-corrected chi connectivity index (χ3v) is 2.39. The molecule has 1 aromatic carbocycles. The summed E-state index contributed by atoms with van der Waals surface area (Å²) >= 11 is 5.87. The minimum atomic E-state index is -0.212. The Morgan fingerprint density at radius 2 is 2.14 bits per heavy atom. The van der Waals surface area contributed by atoms with Crippen LogP contribution in [-0.2, 0) is 6.42 Å². The van der Waals surface area contributed by atoms with Crippen LogP contribution >= 0.6 is 11.6 Å². The number of hydrogen-bond donors (Lipinski definition) is 1. The summed E-state index contributed by atoms with van der Waals surface area (Å²) in [7, 11) is 0. The largest absolute Gasteiger partial charge is 0.316 e. The normalized spacial score (nSPS) is 10.5. The Labute approximate surface area is 89.3 Å². The fraction of sp³-hybridized carbons (Fsp3) is 0.455. The van der Waals surface area contributed by atoms with Crippen LogP contribution in [-0.4, -0.2) is 13.1 Å². The second-order valence-corrected chi connectivity index (χ2v) is 3.61. The third-order valence-electron chi connectivity index (χ3n) is 2.04. The summed E-state index contributed by atoms with van der Waals surface area (Å²) in [6.07, 6.45) is 1.73. The molecular weight excluding hydrogens is 201 g/mol. The molecule has 3 heteroatoms. The van der Waals surface area contributed by atoms with E-state index in [1.54, 1.807) is 12.1 Å². The summed E-state index contributed by atoms with van der Waals surface area (Å²) in [5.74, 6) is -0.212. The van der Waals surface area contributed by atoms with E-state index in [1.807, 2.05) is 0 Å². The lowest BCUT2D eigenvalue weighted by molar-refractivity contribution is 0.597. The first kappa shape index (κ1) is 11.5. The first-order chi connectivity index (χ1) is 6.75. The van der Waals surface area contributed by atoms with E-state index in [-0.39, 0.29) is 5.82 Å². The molecule has 0 aliphatic rings. The van der Waals surface area contributed by atoms with Crippen LogP contribution < -0.4 is 5.32 Å². The highest BCUT2D eigenvalue weighted by molar-refractivity contribution is 6.31. The number of halogens is 2. The standard InChI is InChI=1S/C11H15ClFN/c1-2-7-14-8-6-9-10(12)4-3-5-11(9)13/h3-5,14H,2,6-8H2,1H3.